The molecule has 0 aliphatic heterocycles. The van der Waals surface area contributed by atoms with Crippen molar-refractivity contribution in [3.8, 4) is 0 Å². The van der Waals surface area contributed by atoms with Crippen LogP contribution in [0.25, 0.3) is 0 Å². The van der Waals surface area contributed by atoms with Gasteiger partial charge in [0, 0.05) is 19.3 Å². The lowest BCUT2D eigenvalue weighted by atomic mass is 10.0. The number of carbonyl (C=O) groups is 3. The van der Waals surface area contributed by atoms with E-state index in [0.29, 0.717) is 19.3 Å². The molecule has 76 heavy (non-hydrogen) atoms. The van der Waals surface area contributed by atoms with E-state index in [-0.39, 0.29) is 31.1 Å². The summed E-state index contributed by atoms with van der Waals surface area (Å²) in [6.07, 6.45) is 84.5. The minimum atomic E-state index is -0.783. The van der Waals surface area contributed by atoms with E-state index in [4.69, 9.17) is 14.2 Å². The maximum atomic E-state index is 12.9. The van der Waals surface area contributed by atoms with Gasteiger partial charge in [-0.3, -0.25) is 14.4 Å². The fourth-order valence-corrected chi connectivity index (χ4v) is 9.23. The van der Waals surface area contributed by atoms with Crippen LogP contribution in [-0.2, 0) is 28.6 Å². The van der Waals surface area contributed by atoms with Gasteiger partial charge in [0.15, 0.2) is 6.10 Å². The van der Waals surface area contributed by atoms with Crippen molar-refractivity contribution in [1.29, 1.82) is 0 Å². The topological polar surface area (TPSA) is 78.9 Å². The van der Waals surface area contributed by atoms with Crippen molar-refractivity contribution in [2.45, 2.75) is 329 Å². The van der Waals surface area contributed by atoms with Gasteiger partial charge in [-0.1, -0.05) is 273 Å². The van der Waals surface area contributed by atoms with Crippen molar-refractivity contribution >= 4 is 17.9 Å². The number of rotatable bonds is 59. The summed E-state index contributed by atoms with van der Waals surface area (Å²) in [6.45, 7) is 6.50. The zero-order valence-corrected chi connectivity index (χ0v) is 50.3. The van der Waals surface area contributed by atoms with Crippen molar-refractivity contribution in [1.82, 2.24) is 0 Å². The lowest BCUT2D eigenvalue weighted by Crippen LogP contribution is -2.30. The first-order valence-electron chi connectivity index (χ1n) is 32.6. The summed E-state index contributed by atoms with van der Waals surface area (Å²) in [7, 11) is 0. The Morgan fingerprint density at radius 1 is 0.276 bits per heavy atom. The van der Waals surface area contributed by atoms with Crippen LogP contribution in [0.4, 0.5) is 0 Å². The van der Waals surface area contributed by atoms with Crippen LogP contribution in [0.15, 0.2) is 85.1 Å². The van der Waals surface area contributed by atoms with Gasteiger partial charge in [0.25, 0.3) is 0 Å². The highest BCUT2D eigenvalue weighted by Crippen LogP contribution is 2.17. The monoisotopic (exact) mass is 1060 g/mol. The van der Waals surface area contributed by atoms with Crippen molar-refractivity contribution in [2.24, 2.45) is 0 Å². The fourth-order valence-electron chi connectivity index (χ4n) is 9.23. The Bertz CT molecular complexity index is 1450. The molecule has 0 saturated carbocycles. The molecule has 6 nitrogen and oxygen atoms in total. The first-order valence-corrected chi connectivity index (χ1v) is 32.6. The zero-order valence-electron chi connectivity index (χ0n) is 50.3. The largest absolute Gasteiger partial charge is 0.462 e. The Kier molecular flexibility index (Phi) is 61.2. The third-order valence-electron chi connectivity index (χ3n) is 14.1. The summed E-state index contributed by atoms with van der Waals surface area (Å²) in [5.74, 6) is -0.884. The first kappa shape index (κ1) is 72.6. The van der Waals surface area contributed by atoms with E-state index >= 15 is 0 Å². The normalized spacial score (nSPS) is 12.6. The van der Waals surface area contributed by atoms with Crippen molar-refractivity contribution < 1.29 is 28.6 Å². The SMILES string of the molecule is CC/C=C\C/C=C\C/C=C\C/C=C\CCCCCCCCCCCCCCCCCCC(=O)OCC(COC(=O)CCCCCCC/C=C\CCCCC)OC(=O)CCCCCCCCC/C=C\C/C=C\CCCCC. The number of hydrogen-bond donors (Lipinski definition) is 0. The third kappa shape index (κ3) is 61.4. The molecule has 0 radical (unpaired) electrons. The van der Waals surface area contributed by atoms with Crippen LogP contribution in [0, 0.1) is 0 Å². The van der Waals surface area contributed by atoms with Gasteiger partial charge < -0.3 is 14.2 Å². The van der Waals surface area contributed by atoms with Crippen LogP contribution >= 0.6 is 0 Å². The first-order chi connectivity index (χ1) is 37.5. The molecule has 0 aliphatic carbocycles. The lowest BCUT2D eigenvalue weighted by molar-refractivity contribution is -0.167. The van der Waals surface area contributed by atoms with Crippen molar-refractivity contribution in [3.63, 3.8) is 0 Å². The highest BCUT2D eigenvalue weighted by molar-refractivity contribution is 5.71. The Labute approximate surface area is 471 Å². The highest BCUT2D eigenvalue weighted by Gasteiger charge is 2.19. The maximum absolute atomic E-state index is 12.9. The van der Waals surface area contributed by atoms with E-state index in [2.05, 4.69) is 106 Å². The molecule has 6 heteroatoms. The summed E-state index contributed by atoms with van der Waals surface area (Å²) in [4.78, 5) is 38.3. The molecule has 0 aromatic carbocycles. The molecule has 0 bridgehead atoms. The third-order valence-corrected chi connectivity index (χ3v) is 14.1. The number of carbonyl (C=O) groups excluding carboxylic acids is 3. The molecule has 0 aliphatic rings. The second-order valence-corrected chi connectivity index (χ2v) is 21.6. The standard InChI is InChI=1S/C70H122O6/c1-4-7-10-13-16-19-22-25-27-29-30-31-32-33-34-35-36-37-38-39-40-42-43-45-48-51-54-57-60-63-69(72)75-66-67(65-74-68(71)62-59-56-53-50-47-24-21-18-15-12-9-6-3)76-70(73)64-61-58-55-52-49-46-44-41-28-26-23-20-17-14-11-8-5-2/h7,10,16-21,25-28,30-31,67H,4-6,8-9,11-15,22-24,29,32-66H2,1-3H3/b10-7-,19-16-,20-17-,21-18-,27-25-,28-26-,31-30-. The predicted octanol–water partition coefficient (Wildman–Crippen LogP) is 22.3. The zero-order chi connectivity index (χ0) is 55.0. The molecule has 0 N–H and O–H groups in total. The van der Waals surface area contributed by atoms with Crippen LogP contribution < -0.4 is 0 Å². The Hall–Kier alpha value is -3.41. The number of allylic oxidation sites excluding steroid dienone is 14. The average molecular weight is 1060 g/mol. The number of ether oxygens (including phenoxy) is 3. The van der Waals surface area contributed by atoms with Gasteiger partial charge in [-0.05, 0) is 116 Å². The van der Waals surface area contributed by atoms with Gasteiger partial charge in [0.2, 0.25) is 0 Å². The van der Waals surface area contributed by atoms with Crippen LogP contribution in [-0.4, -0.2) is 37.2 Å². The molecular formula is C70H122O6. The van der Waals surface area contributed by atoms with Crippen LogP contribution in [0.1, 0.15) is 323 Å². The smallest absolute Gasteiger partial charge is 0.306 e. The van der Waals surface area contributed by atoms with E-state index < -0.39 is 6.10 Å². The summed E-state index contributed by atoms with van der Waals surface area (Å²) < 4.78 is 16.9. The Balaban J connectivity index is 4.21. The molecule has 438 valence electrons. The molecule has 0 aromatic heterocycles. The number of esters is 3. The van der Waals surface area contributed by atoms with E-state index in [9.17, 15) is 14.4 Å². The predicted molar refractivity (Wildman–Crippen MR) is 330 cm³/mol. The van der Waals surface area contributed by atoms with Gasteiger partial charge in [-0.2, -0.15) is 0 Å². The Morgan fingerprint density at radius 2 is 0.513 bits per heavy atom. The molecule has 0 fully saturated rings. The van der Waals surface area contributed by atoms with Gasteiger partial charge >= 0.3 is 17.9 Å². The number of unbranched alkanes of at least 4 members (excludes halogenated alkanes) is 34. The average Bonchev–Trinajstić information content (AvgIpc) is 3.42. The molecule has 0 amide bonds. The van der Waals surface area contributed by atoms with E-state index in [1.807, 2.05) is 0 Å². The van der Waals surface area contributed by atoms with Gasteiger partial charge in [-0.25, -0.2) is 0 Å². The van der Waals surface area contributed by atoms with Crippen molar-refractivity contribution in [3.05, 3.63) is 85.1 Å². The molecule has 0 heterocycles. The summed E-state index contributed by atoms with van der Waals surface area (Å²) in [5, 5.41) is 0. The molecule has 0 saturated heterocycles. The molecule has 1 atom stereocenters. The quantitative estimate of drug-likeness (QED) is 0.0261. The Morgan fingerprint density at radius 3 is 0.816 bits per heavy atom. The fraction of sp³-hybridized carbons (Fsp3) is 0.757. The van der Waals surface area contributed by atoms with Gasteiger partial charge in [0.1, 0.15) is 13.2 Å². The minimum Gasteiger partial charge on any atom is -0.462 e. The van der Waals surface area contributed by atoms with Gasteiger partial charge in [-0.15, -0.1) is 0 Å². The highest BCUT2D eigenvalue weighted by atomic mass is 16.6. The maximum Gasteiger partial charge on any atom is 0.306 e. The summed E-state index contributed by atoms with van der Waals surface area (Å²) in [5.41, 5.74) is 0. The minimum absolute atomic E-state index is 0.0798. The molecule has 1 unspecified atom stereocenters. The van der Waals surface area contributed by atoms with Gasteiger partial charge in [0.05, 0.1) is 0 Å². The second kappa shape index (κ2) is 64.1. The molecular weight excluding hydrogens is 937 g/mol. The van der Waals surface area contributed by atoms with E-state index in [1.54, 1.807) is 0 Å². The number of hydrogen-bond acceptors (Lipinski definition) is 6. The van der Waals surface area contributed by atoms with Crippen LogP contribution in [0.3, 0.4) is 0 Å². The molecule has 0 spiro atoms. The lowest BCUT2D eigenvalue weighted by Gasteiger charge is -2.18. The molecule has 0 rings (SSSR count). The van der Waals surface area contributed by atoms with E-state index in [1.165, 1.54) is 180 Å². The van der Waals surface area contributed by atoms with Crippen LogP contribution in [0.2, 0.25) is 0 Å². The second-order valence-electron chi connectivity index (χ2n) is 21.6. The summed E-state index contributed by atoms with van der Waals surface area (Å²) >= 11 is 0. The van der Waals surface area contributed by atoms with Crippen LogP contribution in [0.5, 0.6) is 0 Å². The van der Waals surface area contributed by atoms with Crippen molar-refractivity contribution in [2.75, 3.05) is 13.2 Å². The van der Waals surface area contributed by atoms with E-state index in [0.717, 1.165) is 103 Å². The molecule has 0 aromatic rings. The summed E-state index contributed by atoms with van der Waals surface area (Å²) in [6, 6.07) is 0.